The number of Topliss-reactive ketones (excluding diaryl/α,β-unsaturated/α-hetero) is 1. The van der Waals surface area contributed by atoms with Gasteiger partial charge in [0.15, 0.2) is 5.78 Å². The summed E-state index contributed by atoms with van der Waals surface area (Å²) >= 11 is 0. The molecule has 0 bridgehead atoms. The number of hydrogen-bond donors (Lipinski definition) is 1. The van der Waals surface area contributed by atoms with E-state index in [4.69, 9.17) is 9.47 Å². The van der Waals surface area contributed by atoms with Crippen LogP contribution in [0, 0.1) is 6.92 Å². The first-order valence-electron chi connectivity index (χ1n) is 7.26. The maximum absolute atomic E-state index is 11.9. The van der Waals surface area contributed by atoms with Gasteiger partial charge in [0.25, 0.3) is 0 Å². The zero-order valence-corrected chi connectivity index (χ0v) is 13.0. The molecule has 0 unspecified atom stereocenters. The van der Waals surface area contributed by atoms with Crippen LogP contribution in [0.4, 0.5) is 0 Å². The predicted octanol–water partition coefficient (Wildman–Crippen LogP) is 2.85. The van der Waals surface area contributed by atoms with Gasteiger partial charge in [-0.05, 0) is 31.2 Å². The summed E-state index contributed by atoms with van der Waals surface area (Å²) in [6, 6.07) is 15.0. The van der Waals surface area contributed by atoms with Gasteiger partial charge < -0.3 is 14.8 Å². The Hall–Kier alpha value is -2.33. The highest BCUT2D eigenvalue weighted by Crippen LogP contribution is 2.16. The lowest BCUT2D eigenvalue weighted by Gasteiger charge is -2.08. The molecule has 0 aliphatic heterocycles. The van der Waals surface area contributed by atoms with Crippen molar-refractivity contribution < 1.29 is 14.3 Å². The number of carbonyl (C=O) groups is 1. The van der Waals surface area contributed by atoms with E-state index in [0.717, 1.165) is 22.6 Å². The third-order valence-corrected chi connectivity index (χ3v) is 3.27. The van der Waals surface area contributed by atoms with Crippen molar-refractivity contribution in [2.24, 2.45) is 0 Å². The minimum atomic E-state index is 0.0875. The van der Waals surface area contributed by atoms with Gasteiger partial charge in [-0.1, -0.05) is 29.8 Å². The zero-order chi connectivity index (χ0) is 15.8. The van der Waals surface area contributed by atoms with E-state index in [1.165, 1.54) is 0 Å². The maximum atomic E-state index is 11.9. The number of rotatable bonds is 8. The van der Waals surface area contributed by atoms with Gasteiger partial charge in [-0.2, -0.15) is 0 Å². The average Bonchev–Trinajstić information content (AvgIpc) is 2.55. The summed E-state index contributed by atoms with van der Waals surface area (Å²) in [6.07, 6.45) is 0. The molecule has 0 heterocycles. The molecule has 4 heteroatoms. The van der Waals surface area contributed by atoms with Crippen LogP contribution in [0.1, 0.15) is 15.9 Å². The van der Waals surface area contributed by atoms with E-state index in [1.54, 1.807) is 7.11 Å². The molecule has 0 aliphatic rings. The van der Waals surface area contributed by atoms with Crippen molar-refractivity contribution in [2.75, 3.05) is 26.8 Å². The standard InChI is InChI=1S/C18H21NO3/c1-14-3-5-15(6-4-14)18(20)13-19-11-12-22-17-9-7-16(21-2)8-10-17/h3-10,19H,11-13H2,1-2H3. The maximum Gasteiger partial charge on any atom is 0.176 e. The van der Waals surface area contributed by atoms with E-state index in [9.17, 15) is 4.79 Å². The molecule has 0 aromatic heterocycles. The Balaban J connectivity index is 1.66. The highest BCUT2D eigenvalue weighted by Gasteiger charge is 2.04. The van der Waals surface area contributed by atoms with Crippen LogP contribution in [0.2, 0.25) is 0 Å². The molecule has 0 fully saturated rings. The number of methoxy groups -OCH3 is 1. The summed E-state index contributed by atoms with van der Waals surface area (Å²) in [6.45, 7) is 3.44. The Bertz CT molecular complexity index is 591. The van der Waals surface area contributed by atoms with E-state index >= 15 is 0 Å². The quantitative estimate of drug-likeness (QED) is 0.601. The molecular weight excluding hydrogens is 278 g/mol. The topological polar surface area (TPSA) is 47.6 Å². The molecule has 2 rings (SSSR count). The summed E-state index contributed by atoms with van der Waals surface area (Å²) in [7, 11) is 1.63. The van der Waals surface area contributed by atoms with Crippen molar-refractivity contribution in [2.45, 2.75) is 6.92 Å². The monoisotopic (exact) mass is 299 g/mol. The molecular formula is C18H21NO3. The number of aryl methyl sites for hydroxylation is 1. The third-order valence-electron chi connectivity index (χ3n) is 3.27. The Labute approximate surface area is 131 Å². The fraction of sp³-hybridized carbons (Fsp3) is 0.278. The summed E-state index contributed by atoms with van der Waals surface area (Å²) in [5, 5.41) is 3.09. The Morgan fingerprint density at radius 3 is 2.27 bits per heavy atom. The lowest BCUT2D eigenvalue weighted by atomic mass is 10.1. The molecule has 4 nitrogen and oxygen atoms in total. The largest absolute Gasteiger partial charge is 0.497 e. The van der Waals surface area contributed by atoms with Gasteiger partial charge in [0.05, 0.1) is 13.7 Å². The summed E-state index contributed by atoms with van der Waals surface area (Å²) < 4.78 is 10.7. The highest BCUT2D eigenvalue weighted by molar-refractivity contribution is 5.97. The van der Waals surface area contributed by atoms with Gasteiger partial charge in [-0.15, -0.1) is 0 Å². The first kappa shape index (κ1) is 16.0. The second kappa shape index (κ2) is 8.20. The molecule has 0 saturated carbocycles. The molecule has 116 valence electrons. The molecule has 0 aliphatic carbocycles. The van der Waals surface area contributed by atoms with E-state index in [2.05, 4.69) is 5.32 Å². The van der Waals surface area contributed by atoms with Crippen molar-refractivity contribution in [3.63, 3.8) is 0 Å². The summed E-state index contributed by atoms with van der Waals surface area (Å²) in [5.74, 6) is 1.67. The number of nitrogens with one attached hydrogen (secondary N) is 1. The van der Waals surface area contributed by atoms with Gasteiger partial charge in [-0.3, -0.25) is 4.79 Å². The average molecular weight is 299 g/mol. The van der Waals surface area contributed by atoms with Gasteiger partial charge in [-0.25, -0.2) is 0 Å². The summed E-state index contributed by atoms with van der Waals surface area (Å²) in [5.41, 5.74) is 1.88. The number of ether oxygens (including phenoxy) is 2. The predicted molar refractivity (Wildman–Crippen MR) is 86.9 cm³/mol. The van der Waals surface area contributed by atoms with Crippen molar-refractivity contribution in [1.82, 2.24) is 5.32 Å². The fourth-order valence-electron chi connectivity index (χ4n) is 1.96. The van der Waals surface area contributed by atoms with Crippen molar-refractivity contribution in [3.05, 3.63) is 59.7 Å². The molecule has 0 saturated heterocycles. The van der Waals surface area contributed by atoms with Gasteiger partial charge in [0.1, 0.15) is 18.1 Å². The highest BCUT2D eigenvalue weighted by atomic mass is 16.5. The molecule has 0 spiro atoms. The smallest absolute Gasteiger partial charge is 0.176 e. The van der Waals surface area contributed by atoms with Crippen LogP contribution in [0.5, 0.6) is 11.5 Å². The summed E-state index contributed by atoms with van der Waals surface area (Å²) in [4.78, 5) is 11.9. The molecule has 0 amide bonds. The van der Waals surface area contributed by atoms with Crippen LogP contribution in [0.3, 0.4) is 0 Å². The van der Waals surface area contributed by atoms with Crippen LogP contribution in [0.25, 0.3) is 0 Å². The SMILES string of the molecule is COc1ccc(OCCNCC(=O)c2ccc(C)cc2)cc1. The molecule has 22 heavy (non-hydrogen) atoms. The number of hydrogen-bond acceptors (Lipinski definition) is 4. The van der Waals surface area contributed by atoms with Gasteiger partial charge in [0.2, 0.25) is 0 Å². The Kier molecular flexibility index (Phi) is 5.98. The molecule has 1 N–H and O–H groups in total. The van der Waals surface area contributed by atoms with Crippen molar-refractivity contribution in [3.8, 4) is 11.5 Å². The third kappa shape index (κ3) is 4.90. The van der Waals surface area contributed by atoms with Crippen LogP contribution in [-0.2, 0) is 0 Å². The minimum absolute atomic E-state index is 0.0875. The molecule has 0 atom stereocenters. The van der Waals surface area contributed by atoms with Crippen LogP contribution in [0.15, 0.2) is 48.5 Å². The fourth-order valence-corrected chi connectivity index (χ4v) is 1.96. The van der Waals surface area contributed by atoms with Gasteiger partial charge >= 0.3 is 0 Å². The van der Waals surface area contributed by atoms with Crippen LogP contribution in [-0.4, -0.2) is 32.6 Å². The second-order valence-electron chi connectivity index (χ2n) is 4.99. The Morgan fingerprint density at radius 2 is 1.64 bits per heavy atom. The molecule has 0 radical (unpaired) electrons. The lowest BCUT2D eigenvalue weighted by molar-refractivity contribution is 0.0990. The number of carbonyl (C=O) groups excluding carboxylic acids is 1. The van der Waals surface area contributed by atoms with Crippen LogP contribution >= 0.6 is 0 Å². The first-order valence-corrected chi connectivity index (χ1v) is 7.26. The van der Waals surface area contributed by atoms with E-state index < -0.39 is 0 Å². The van der Waals surface area contributed by atoms with Crippen LogP contribution < -0.4 is 14.8 Å². The van der Waals surface area contributed by atoms with E-state index in [1.807, 2.05) is 55.5 Å². The van der Waals surface area contributed by atoms with Crippen molar-refractivity contribution >= 4 is 5.78 Å². The van der Waals surface area contributed by atoms with E-state index in [-0.39, 0.29) is 5.78 Å². The molecule has 2 aromatic carbocycles. The second-order valence-corrected chi connectivity index (χ2v) is 4.99. The zero-order valence-electron chi connectivity index (χ0n) is 13.0. The lowest BCUT2D eigenvalue weighted by Crippen LogP contribution is -2.27. The first-order chi connectivity index (χ1) is 10.7. The van der Waals surface area contributed by atoms with Crippen molar-refractivity contribution in [1.29, 1.82) is 0 Å². The number of ketones is 1. The normalized spacial score (nSPS) is 10.3. The van der Waals surface area contributed by atoms with Gasteiger partial charge in [0, 0.05) is 12.1 Å². The van der Waals surface area contributed by atoms with E-state index in [0.29, 0.717) is 19.7 Å². The Morgan fingerprint density at radius 1 is 1.00 bits per heavy atom. The number of benzene rings is 2. The molecule has 2 aromatic rings. The minimum Gasteiger partial charge on any atom is -0.497 e.